The minimum atomic E-state index is 0.0209. The molecule has 0 saturated heterocycles. The Hall–Kier alpha value is -7.15. The van der Waals surface area contributed by atoms with Crippen LogP contribution in [0.2, 0.25) is 0 Å². The van der Waals surface area contributed by atoms with Gasteiger partial charge in [-0.2, -0.15) is 0 Å². The number of nitrogens with zero attached hydrogens (tertiary/aromatic N) is 4. The molecule has 1 aliphatic rings. The molecule has 4 heterocycles. The second kappa shape index (κ2) is 13.3. The van der Waals surface area contributed by atoms with E-state index in [1.165, 1.54) is 48.4 Å². The summed E-state index contributed by atoms with van der Waals surface area (Å²) in [6.45, 7) is 0. The molecule has 11 rings (SSSR count). The van der Waals surface area contributed by atoms with Gasteiger partial charge in [-0.25, -0.2) is 15.0 Å². The third-order valence-corrected chi connectivity index (χ3v) is 12.0. The van der Waals surface area contributed by atoms with Crippen molar-refractivity contribution in [2.24, 2.45) is 0 Å². The van der Waals surface area contributed by atoms with Crippen molar-refractivity contribution >= 4 is 38.1 Å². The summed E-state index contributed by atoms with van der Waals surface area (Å²) in [6, 6.07) is 66.0. The number of hydrogen-bond donors (Lipinski definition) is 1. The number of para-hydroxylation sites is 2. The molecule has 10 aromatic rings. The van der Waals surface area contributed by atoms with E-state index in [9.17, 15) is 0 Å². The topological polar surface area (TPSA) is 55.6 Å². The van der Waals surface area contributed by atoms with E-state index >= 15 is 0 Å². The zero-order valence-electron chi connectivity index (χ0n) is 30.2. The summed E-state index contributed by atoms with van der Waals surface area (Å²) in [5.41, 5.74) is 13.7. The van der Waals surface area contributed by atoms with Gasteiger partial charge in [0, 0.05) is 49.5 Å². The Morgan fingerprint density at radius 2 is 0.964 bits per heavy atom. The maximum Gasteiger partial charge on any atom is 0.164 e. The molecule has 264 valence electrons. The average molecular weight is 736 g/mol. The number of thiophene rings is 1. The van der Waals surface area contributed by atoms with E-state index in [-0.39, 0.29) is 6.04 Å². The standard InChI is InChI=1S/C50H33N5S/c1-4-14-34(15-5-1)44-43-45-47(56-46(43)39-20-10-12-22-41(39)51-44)40-21-11-13-23-42(40)55(45)38-30-28-33(29-31-38)32-24-26-37(27-25-32)50-53-48(35-16-6-2-7-17-35)52-49(54-50)36-18-8-3-9-19-36/h1-31,44,51H. The summed E-state index contributed by atoms with van der Waals surface area (Å²) in [7, 11) is 0. The zero-order valence-corrected chi connectivity index (χ0v) is 31.0. The molecular formula is C50H33N5S. The van der Waals surface area contributed by atoms with Crippen molar-refractivity contribution in [1.29, 1.82) is 0 Å². The maximum absolute atomic E-state index is 4.93. The van der Waals surface area contributed by atoms with Crippen LogP contribution in [0.25, 0.3) is 82.5 Å². The lowest BCUT2D eigenvalue weighted by atomic mass is 9.91. The van der Waals surface area contributed by atoms with Crippen LogP contribution in [0.3, 0.4) is 0 Å². The Morgan fingerprint density at radius 3 is 1.61 bits per heavy atom. The van der Waals surface area contributed by atoms with Gasteiger partial charge < -0.3 is 9.88 Å². The van der Waals surface area contributed by atoms with Gasteiger partial charge in [0.1, 0.15) is 0 Å². The van der Waals surface area contributed by atoms with Crippen LogP contribution in [0.5, 0.6) is 0 Å². The molecule has 56 heavy (non-hydrogen) atoms. The summed E-state index contributed by atoms with van der Waals surface area (Å²) in [6.07, 6.45) is 0. The van der Waals surface area contributed by atoms with E-state index in [1.807, 2.05) is 72.0 Å². The van der Waals surface area contributed by atoms with Gasteiger partial charge >= 0.3 is 0 Å². The van der Waals surface area contributed by atoms with Crippen molar-refractivity contribution in [2.75, 3.05) is 5.32 Å². The molecule has 0 amide bonds. The number of fused-ring (bicyclic) bond motifs is 7. The molecule has 0 spiro atoms. The molecule has 0 saturated carbocycles. The third-order valence-electron chi connectivity index (χ3n) is 10.7. The van der Waals surface area contributed by atoms with Gasteiger partial charge in [-0.1, -0.05) is 164 Å². The summed E-state index contributed by atoms with van der Waals surface area (Å²) < 4.78 is 3.78. The van der Waals surface area contributed by atoms with Gasteiger partial charge in [-0.05, 0) is 41.0 Å². The quantitative estimate of drug-likeness (QED) is 0.185. The molecular weight excluding hydrogens is 703 g/mol. The molecule has 6 heteroatoms. The van der Waals surface area contributed by atoms with Gasteiger partial charge in [-0.3, -0.25) is 0 Å². The van der Waals surface area contributed by atoms with Crippen LogP contribution in [0.4, 0.5) is 5.69 Å². The number of benzene rings is 7. The highest BCUT2D eigenvalue weighted by molar-refractivity contribution is 7.23. The van der Waals surface area contributed by atoms with Crippen molar-refractivity contribution in [3.05, 3.63) is 199 Å². The summed E-state index contributed by atoms with van der Waals surface area (Å²) in [4.78, 5) is 16.0. The Bertz CT molecular complexity index is 2970. The molecule has 1 unspecified atom stereocenters. The molecule has 0 aliphatic carbocycles. The number of anilines is 1. The van der Waals surface area contributed by atoms with E-state index in [4.69, 9.17) is 15.0 Å². The van der Waals surface area contributed by atoms with Crippen LogP contribution in [0, 0.1) is 0 Å². The van der Waals surface area contributed by atoms with Crippen molar-refractivity contribution in [2.45, 2.75) is 6.04 Å². The first-order valence-electron chi connectivity index (χ1n) is 18.8. The highest BCUT2D eigenvalue weighted by atomic mass is 32.1. The fourth-order valence-electron chi connectivity index (χ4n) is 8.04. The van der Waals surface area contributed by atoms with Gasteiger partial charge in [0.25, 0.3) is 0 Å². The highest BCUT2D eigenvalue weighted by Gasteiger charge is 2.32. The van der Waals surface area contributed by atoms with E-state index in [0.717, 1.165) is 33.5 Å². The predicted molar refractivity (Wildman–Crippen MR) is 231 cm³/mol. The van der Waals surface area contributed by atoms with Crippen LogP contribution in [-0.2, 0) is 0 Å². The second-order valence-corrected chi connectivity index (χ2v) is 15.1. The fraction of sp³-hybridized carbons (Fsp3) is 0.0200. The zero-order chi connectivity index (χ0) is 37.0. The van der Waals surface area contributed by atoms with Crippen molar-refractivity contribution in [1.82, 2.24) is 19.5 Å². The molecule has 0 fully saturated rings. The highest BCUT2D eigenvalue weighted by Crippen LogP contribution is 2.53. The summed E-state index contributed by atoms with van der Waals surface area (Å²) in [5, 5.41) is 5.19. The van der Waals surface area contributed by atoms with Gasteiger partial charge in [0.2, 0.25) is 0 Å². The monoisotopic (exact) mass is 735 g/mol. The minimum Gasteiger partial charge on any atom is -0.373 e. The maximum atomic E-state index is 4.93. The Kier molecular flexibility index (Phi) is 7.67. The van der Waals surface area contributed by atoms with Crippen molar-refractivity contribution in [3.63, 3.8) is 0 Å². The molecule has 3 aromatic heterocycles. The SMILES string of the molecule is c1ccc(-c2nc(-c3ccccc3)nc(-c3ccc(-c4ccc(-n5c6ccccc6c6sc7c(c65)C(c5ccccc5)Nc5ccccc5-7)cc4)cc3)n2)cc1. The largest absolute Gasteiger partial charge is 0.373 e. The predicted octanol–water partition coefficient (Wildman–Crippen LogP) is 12.9. The van der Waals surface area contributed by atoms with Crippen molar-refractivity contribution < 1.29 is 0 Å². The minimum absolute atomic E-state index is 0.0209. The van der Waals surface area contributed by atoms with Crippen LogP contribution in [0.1, 0.15) is 17.2 Å². The first kappa shape index (κ1) is 32.3. The van der Waals surface area contributed by atoms with Gasteiger partial charge in [0.05, 0.1) is 21.8 Å². The molecule has 7 aromatic carbocycles. The molecule has 0 bridgehead atoms. The summed E-state index contributed by atoms with van der Waals surface area (Å²) >= 11 is 1.91. The van der Waals surface area contributed by atoms with Crippen LogP contribution in [-0.4, -0.2) is 19.5 Å². The van der Waals surface area contributed by atoms with E-state index in [1.54, 1.807) is 0 Å². The molecule has 5 nitrogen and oxygen atoms in total. The first-order valence-corrected chi connectivity index (χ1v) is 19.6. The number of aromatic nitrogens is 4. The van der Waals surface area contributed by atoms with Crippen LogP contribution >= 0.6 is 11.3 Å². The lowest BCUT2D eigenvalue weighted by molar-refractivity contribution is 0.937. The van der Waals surface area contributed by atoms with E-state index in [0.29, 0.717) is 17.5 Å². The molecule has 0 radical (unpaired) electrons. The van der Waals surface area contributed by atoms with E-state index in [2.05, 4.69) is 137 Å². The fourth-order valence-corrected chi connectivity index (χ4v) is 9.44. The lowest BCUT2D eigenvalue weighted by Gasteiger charge is -2.28. The smallest absolute Gasteiger partial charge is 0.164 e. The van der Waals surface area contributed by atoms with Crippen molar-refractivity contribution in [3.8, 4) is 61.4 Å². The number of nitrogens with one attached hydrogen (secondary N) is 1. The van der Waals surface area contributed by atoms with Crippen LogP contribution in [0.15, 0.2) is 188 Å². The Morgan fingerprint density at radius 1 is 0.464 bits per heavy atom. The lowest BCUT2D eigenvalue weighted by Crippen LogP contribution is -2.17. The van der Waals surface area contributed by atoms with Crippen LogP contribution < -0.4 is 5.32 Å². The number of hydrogen-bond acceptors (Lipinski definition) is 5. The normalized spacial score (nSPS) is 13.3. The Balaban J connectivity index is 0.992. The molecule has 1 aliphatic heterocycles. The second-order valence-electron chi connectivity index (χ2n) is 14.1. The molecule has 1 atom stereocenters. The summed E-state index contributed by atoms with van der Waals surface area (Å²) in [5.74, 6) is 1.96. The Labute approximate surface area is 328 Å². The van der Waals surface area contributed by atoms with E-state index < -0.39 is 0 Å². The average Bonchev–Trinajstić information content (AvgIpc) is 3.83. The van der Waals surface area contributed by atoms with Gasteiger partial charge in [-0.15, -0.1) is 11.3 Å². The third kappa shape index (κ3) is 5.42. The first-order chi connectivity index (χ1) is 27.8. The van der Waals surface area contributed by atoms with Gasteiger partial charge in [0.15, 0.2) is 17.5 Å². The number of rotatable bonds is 6. The molecule has 1 N–H and O–H groups in total.